The number of benzene rings is 2. The highest BCUT2D eigenvalue weighted by Gasteiger charge is 2.12. The van der Waals surface area contributed by atoms with Crippen LogP contribution in [0.25, 0.3) is 10.8 Å². The number of ether oxygens (including phenoxy) is 1. The van der Waals surface area contributed by atoms with Crippen molar-refractivity contribution in [2.45, 2.75) is 13.0 Å². The number of aromatic amines is 1. The average Bonchev–Trinajstić information content (AvgIpc) is 2.75. The number of rotatable bonds is 6. The first-order chi connectivity index (χ1) is 14.6. The molecule has 0 radical (unpaired) electrons. The van der Waals surface area contributed by atoms with Gasteiger partial charge in [0.2, 0.25) is 11.8 Å². The van der Waals surface area contributed by atoms with Gasteiger partial charge in [0, 0.05) is 29.8 Å². The fraction of sp³-hybridized carbons (Fsp3) is 0.0909. The number of carbonyl (C=O) groups is 1. The van der Waals surface area contributed by atoms with Gasteiger partial charge in [-0.15, -0.1) is 0 Å². The topological polar surface area (TPSA) is 97.0 Å². The predicted molar refractivity (Wildman–Crippen MR) is 109 cm³/mol. The number of nitrogens with zero attached hydrogens (tertiary/aromatic N) is 2. The van der Waals surface area contributed by atoms with Crippen molar-refractivity contribution in [3.05, 3.63) is 94.3 Å². The van der Waals surface area contributed by atoms with E-state index in [4.69, 9.17) is 4.74 Å². The molecule has 1 amide bonds. The van der Waals surface area contributed by atoms with Gasteiger partial charge < -0.3 is 10.1 Å². The van der Waals surface area contributed by atoms with E-state index < -0.39 is 5.82 Å². The number of H-pyrrole nitrogens is 1. The summed E-state index contributed by atoms with van der Waals surface area (Å²) in [5.74, 6) is -0.111. The van der Waals surface area contributed by atoms with Crippen LogP contribution in [0, 0.1) is 5.82 Å². The van der Waals surface area contributed by atoms with Crippen LogP contribution in [-0.4, -0.2) is 21.1 Å². The lowest BCUT2D eigenvalue weighted by Gasteiger charge is -2.11. The minimum absolute atomic E-state index is 0.00234. The van der Waals surface area contributed by atoms with E-state index in [-0.39, 0.29) is 30.3 Å². The summed E-state index contributed by atoms with van der Waals surface area (Å²) in [6.45, 7) is 0.165. The number of hydrogen-bond acceptors (Lipinski definition) is 5. The Labute approximate surface area is 170 Å². The van der Waals surface area contributed by atoms with E-state index in [1.807, 2.05) is 0 Å². The monoisotopic (exact) mass is 404 g/mol. The maximum atomic E-state index is 13.4. The highest BCUT2D eigenvalue weighted by Crippen LogP contribution is 2.23. The molecule has 0 aliphatic rings. The van der Waals surface area contributed by atoms with Gasteiger partial charge in [0.05, 0.1) is 17.5 Å². The molecular weight excluding hydrogens is 387 g/mol. The standard InChI is InChI=1S/C22H17FN4O3/c23-15-6-3-7-16(11-15)30-22-14(5-4-10-24-22)13-25-20(28)12-19-17-8-1-2-9-18(17)21(29)27-26-19/h1-11H,12-13H2,(H,25,28)(H,27,29). The van der Waals surface area contributed by atoms with Crippen LogP contribution in [0.4, 0.5) is 4.39 Å². The second kappa shape index (κ2) is 8.52. The summed E-state index contributed by atoms with van der Waals surface area (Å²) in [6, 6.07) is 16.2. The van der Waals surface area contributed by atoms with Crippen molar-refractivity contribution in [1.82, 2.24) is 20.5 Å². The van der Waals surface area contributed by atoms with Crippen molar-refractivity contribution in [3.63, 3.8) is 0 Å². The van der Waals surface area contributed by atoms with Crippen molar-refractivity contribution >= 4 is 16.7 Å². The van der Waals surface area contributed by atoms with Crippen molar-refractivity contribution < 1.29 is 13.9 Å². The number of pyridine rings is 1. The molecule has 0 aliphatic heterocycles. The molecule has 0 spiro atoms. The van der Waals surface area contributed by atoms with E-state index >= 15 is 0 Å². The number of amides is 1. The van der Waals surface area contributed by atoms with E-state index in [1.54, 1.807) is 48.7 Å². The summed E-state index contributed by atoms with van der Waals surface area (Å²) < 4.78 is 19.0. The summed E-state index contributed by atoms with van der Waals surface area (Å²) >= 11 is 0. The van der Waals surface area contributed by atoms with Gasteiger partial charge in [-0.1, -0.05) is 30.3 Å². The molecule has 4 aromatic rings. The molecule has 0 atom stereocenters. The third-order valence-corrected chi connectivity index (χ3v) is 4.44. The minimum Gasteiger partial charge on any atom is -0.439 e. The molecule has 2 heterocycles. The molecule has 0 aliphatic carbocycles. The van der Waals surface area contributed by atoms with Crippen molar-refractivity contribution in [3.8, 4) is 11.6 Å². The first kappa shape index (κ1) is 19.3. The van der Waals surface area contributed by atoms with E-state index in [0.717, 1.165) is 0 Å². The lowest BCUT2D eigenvalue weighted by molar-refractivity contribution is -0.120. The fourth-order valence-electron chi connectivity index (χ4n) is 3.01. The van der Waals surface area contributed by atoms with Gasteiger partial charge in [0.1, 0.15) is 11.6 Å². The van der Waals surface area contributed by atoms with Gasteiger partial charge in [-0.2, -0.15) is 5.10 Å². The third-order valence-electron chi connectivity index (χ3n) is 4.44. The second-order valence-electron chi connectivity index (χ2n) is 6.53. The Morgan fingerprint density at radius 1 is 1.07 bits per heavy atom. The van der Waals surface area contributed by atoms with Crippen LogP contribution in [0.5, 0.6) is 11.6 Å². The summed E-state index contributed by atoms with van der Waals surface area (Å²) in [5.41, 5.74) is 0.809. The number of nitrogens with one attached hydrogen (secondary N) is 2. The molecule has 150 valence electrons. The van der Waals surface area contributed by atoms with Crippen LogP contribution in [0.2, 0.25) is 0 Å². The Bertz CT molecular complexity index is 1270. The summed E-state index contributed by atoms with van der Waals surface area (Å²) in [4.78, 5) is 28.5. The highest BCUT2D eigenvalue weighted by molar-refractivity contribution is 5.88. The van der Waals surface area contributed by atoms with Gasteiger partial charge in [0.15, 0.2) is 0 Å². The van der Waals surface area contributed by atoms with Gasteiger partial charge in [-0.25, -0.2) is 14.5 Å². The van der Waals surface area contributed by atoms with E-state index in [1.165, 1.54) is 18.2 Å². The maximum absolute atomic E-state index is 13.4. The van der Waals surface area contributed by atoms with Gasteiger partial charge >= 0.3 is 0 Å². The predicted octanol–water partition coefficient (Wildman–Crippen LogP) is 3.11. The summed E-state index contributed by atoms with van der Waals surface area (Å²) in [7, 11) is 0. The summed E-state index contributed by atoms with van der Waals surface area (Å²) in [6.07, 6.45) is 1.55. The van der Waals surface area contributed by atoms with Crippen molar-refractivity contribution in [2.24, 2.45) is 0 Å². The smallest absolute Gasteiger partial charge is 0.272 e. The number of carbonyl (C=O) groups excluding carboxylic acids is 1. The zero-order valence-electron chi connectivity index (χ0n) is 15.8. The minimum atomic E-state index is -0.418. The molecule has 0 fully saturated rings. The second-order valence-corrected chi connectivity index (χ2v) is 6.53. The van der Waals surface area contributed by atoms with Crippen LogP contribution >= 0.6 is 0 Å². The Balaban J connectivity index is 1.46. The Kier molecular flexibility index (Phi) is 5.47. The quantitative estimate of drug-likeness (QED) is 0.515. The molecule has 30 heavy (non-hydrogen) atoms. The number of fused-ring (bicyclic) bond motifs is 1. The Morgan fingerprint density at radius 3 is 2.73 bits per heavy atom. The molecule has 2 aromatic carbocycles. The number of halogens is 1. The molecule has 0 bridgehead atoms. The first-order valence-corrected chi connectivity index (χ1v) is 9.20. The van der Waals surface area contributed by atoms with Crippen LogP contribution in [0.1, 0.15) is 11.3 Å². The summed E-state index contributed by atoms with van der Waals surface area (Å²) in [5, 5.41) is 10.3. The molecule has 4 rings (SSSR count). The SMILES string of the molecule is O=C(Cc1n[nH]c(=O)c2ccccc12)NCc1cccnc1Oc1cccc(F)c1. The molecule has 7 nitrogen and oxygen atoms in total. The lowest BCUT2D eigenvalue weighted by Crippen LogP contribution is -2.26. The van der Waals surface area contributed by atoms with Gasteiger partial charge in [0.25, 0.3) is 5.56 Å². The highest BCUT2D eigenvalue weighted by atomic mass is 19.1. The maximum Gasteiger partial charge on any atom is 0.272 e. The normalized spacial score (nSPS) is 10.7. The fourth-order valence-corrected chi connectivity index (χ4v) is 3.01. The van der Waals surface area contributed by atoms with E-state index in [2.05, 4.69) is 20.5 Å². The molecule has 2 aromatic heterocycles. The molecule has 8 heteroatoms. The third kappa shape index (κ3) is 4.33. The molecule has 0 saturated heterocycles. The molecule has 0 saturated carbocycles. The van der Waals surface area contributed by atoms with Crippen LogP contribution in [0.15, 0.2) is 71.7 Å². The van der Waals surface area contributed by atoms with Crippen LogP contribution in [-0.2, 0) is 17.8 Å². The molecule has 0 unspecified atom stereocenters. The zero-order chi connectivity index (χ0) is 20.9. The lowest BCUT2D eigenvalue weighted by atomic mass is 10.1. The number of hydrogen-bond donors (Lipinski definition) is 2. The zero-order valence-corrected chi connectivity index (χ0v) is 15.8. The first-order valence-electron chi connectivity index (χ1n) is 9.20. The van der Waals surface area contributed by atoms with Crippen LogP contribution < -0.4 is 15.6 Å². The Hall–Kier alpha value is -4.07. The van der Waals surface area contributed by atoms with Crippen molar-refractivity contribution in [2.75, 3.05) is 0 Å². The van der Waals surface area contributed by atoms with Crippen molar-refractivity contribution in [1.29, 1.82) is 0 Å². The molecular formula is C22H17FN4O3. The van der Waals surface area contributed by atoms with Gasteiger partial charge in [-0.05, 0) is 24.3 Å². The largest absolute Gasteiger partial charge is 0.439 e. The van der Waals surface area contributed by atoms with Crippen LogP contribution in [0.3, 0.4) is 0 Å². The van der Waals surface area contributed by atoms with E-state index in [9.17, 15) is 14.0 Å². The van der Waals surface area contributed by atoms with E-state index in [0.29, 0.717) is 27.8 Å². The Morgan fingerprint density at radius 2 is 1.90 bits per heavy atom. The number of aromatic nitrogens is 3. The average molecular weight is 404 g/mol. The van der Waals surface area contributed by atoms with Gasteiger partial charge in [-0.3, -0.25) is 9.59 Å². The molecule has 2 N–H and O–H groups in total.